The fourth-order valence-corrected chi connectivity index (χ4v) is 2.82. The highest BCUT2D eigenvalue weighted by Crippen LogP contribution is 2.53. The van der Waals surface area contributed by atoms with Gasteiger partial charge >= 0.3 is 6.18 Å². The molecule has 6 nitrogen and oxygen atoms in total. The SMILES string of the molecule is CC1(F)C[C@@H]1c1nnc2ccc(-c3cnc(OC(C)(C)C(F)(F)F)c(F)c3)nn12. The summed E-state index contributed by atoms with van der Waals surface area (Å²) in [6, 6.07) is 4.08. The zero-order valence-corrected chi connectivity index (χ0v) is 15.6. The molecule has 29 heavy (non-hydrogen) atoms. The molecule has 2 atom stereocenters. The molecule has 0 radical (unpaired) electrons. The molecule has 154 valence electrons. The molecule has 11 heteroatoms. The highest BCUT2D eigenvalue weighted by Gasteiger charge is 2.55. The second-order valence-electron chi connectivity index (χ2n) is 7.70. The number of pyridine rings is 1. The van der Waals surface area contributed by atoms with Crippen LogP contribution >= 0.6 is 0 Å². The average molecular weight is 413 g/mol. The first kappa shape index (κ1) is 19.5. The number of hydrogen-bond acceptors (Lipinski definition) is 5. The molecule has 3 heterocycles. The fraction of sp³-hybridized carbons (Fsp3) is 0.444. The zero-order chi connectivity index (χ0) is 21.2. The molecule has 1 aliphatic carbocycles. The van der Waals surface area contributed by atoms with Crippen molar-refractivity contribution in [3.05, 3.63) is 36.0 Å². The van der Waals surface area contributed by atoms with Crippen LogP contribution in [0.5, 0.6) is 5.88 Å². The molecule has 0 aliphatic heterocycles. The topological polar surface area (TPSA) is 65.2 Å². The number of hydrogen-bond donors (Lipinski definition) is 0. The van der Waals surface area contributed by atoms with Crippen molar-refractivity contribution in [1.29, 1.82) is 0 Å². The van der Waals surface area contributed by atoms with Crippen molar-refractivity contribution >= 4 is 5.65 Å². The minimum absolute atomic E-state index is 0.208. The second-order valence-corrected chi connectivity index (χ2v) is 7.70. The zero-order valence-electron chi connectivity index (χ0n) is 15.6. The van der Waals surface area contributed by atoms with Gasteiger partial charge in [-0.05, 0) is 45.4 Å². The first-order chi connectivity index (χ1) is 13.4. The highest BCUT2D eigenvalue weighted by molar-refractivity contribution is 5.60. The minimum atomic E-state index is -4.70. The van der Waals surface area contributed by atoms with Gasteiger partial charge in [-0.1, -0.05) is 0 Å². The van der Waals surface area contributed by atoms with Crippen molar-refractivity contribution in [3.8, 4) is 17.1 Å². The van der Waals surface area contributed by atoms with E-state index in [1.54, 1.807) is 6.07 Å². The first-order valence-electron chi connectivity index (χ1n) is 8.72. The molecule has 1 unspecified atom stereocenters. The van der Waals surface area contributed by atoms with Gasteiger partial charge in [-0.25, -0.2) is 13.8 Å². The van der Waals surface area contributed by atoms with Gasteiger partial charge in [0.1, 0.15) is 5.67 Å². The molecule has 0 amide bonds. The Bertz CT molecular complexity index is 1090. The van der Waals surface area contributed by atoms with E-state index in [-0.39, 0.29) is 11.3 Å². The van der Waals surface area contributed by atoms with Crippen molar-refractivity contribution in [2.24, 2.45) is 0 Å². The average Bonchev–Trinajstić information content (AvgIpc) is 3.06. The van der Waals surface area contributed by atoms with Gasteiger partial charge in [0.2, 0.25) is 0 Å². The molecular formula is C18H16F5N5O. The van der Waals surface area contributed by atoms with E-state index in [9.17, 15) is 22.0 Å². The van der Waals surface area contributed by atoms with Crippen molar-refractivity contribution in [3.63, 3.8) is 0 Å². The summed E-state index contributed by atoms with van der Waals surface area (Å²) >= 11 is 0. The van der Waals surface area contributed by atoms with Crippen LogP contribution in [0.15, 0.2) is 24.4 Å². The first-order valence-corrected chi connectivity index (χ1v) is 8.72. The summed E-state index contributed by atoms with van der Waals surface area (Å²) in [6.07, 6.45) is -3.25. The summed E-state index contributed by atoms with van der Waals surface area (Å²) in [5.74, 6) is -1.92. The van der Waals surface area contributed by atoms with Gasteiger partial charge < -0.3 is 4.74 Å². The van der Waals surface area contributed by atoms with Crippen LogP contribution in [0.1, 0.15) is 38.9 Å². The lowest BCUT2D eigenvalue weighted by atomic mass is 10.1. The Morgan fingerprint density at radius 1 is 1.21 bits per heavy atom. The molecule has 3 aromatic rings. The van der Waals surface area contributed by atoms with Crippen molar-refractivity contribution < 1.29 is 26.7 Å². The van der Waals surface area contributed by atoms with Crippen LogP contribution in [-0.4, -0.2) is 42.2 Å². The molecule has 0 bridgehead atoms. The fourth-order valence-electron chi connectivity index (χ4n) is 2.82. The van der Waals surface area contributed by atoms with Gasteiger partial charge in [0, 0.05) is 11.8 Å². The summed E-state index contributed by atoms with van der Waals surface area (Å²) in [4.78, 5) is 3.68. The third-order valence-electron chi connectivity index (χ3n) is 4.91. The minimum Gasteiger partial charge on any atom is -0.460 e. The highest BCUT2D eigenvalue weighted by atomic mass is 19.4. The Morgan fingerprint density at radius 3 is 2.48 bits per heavy atom. The van der Waals surface area contributed by atoms with Crippen molar-refractivity contribution in [2.75, 3.05) is 0 Å². The molecule has 0 saturated heterocycles. The van der Waals surface area contributed by atoms with Gasteiger partial charge in [0.25, 0.3) is 5.88 Å². The predicted molar refractivity (Wildman–Crippen MR) is 91.6 cm³/mol. The summed E-state index contributed by atoms with van der Waals surface area (Å²) in [5, 5.41) is 12.2. The second kappa shape index (κ2) is 6.07. The smallest absolute Gasteiger partial charge is 0.427 e. The van der Waals surface area contributed by atoms with E-state index >= 15 is 0 Å². The van der Waals surface area contributed by atoms with Crippen LogP contribution in [0.25, 0.3) is 16.9 Å². The third kappa shape index (κ3) is 3.38. The summed E-state index contributed by atoms with van der Waals surface area (Å²) in [6.45, 7) is 3.02. The van der Waals surface area contributed by atoms with Crippen LogP contribution in [0.2, 0.25) is 0 Å². The maximum absolute atomic E-state index is 14.4. The van der Waals surface area contributed by atoms with Crippen LogP contribution in [-0.2, 0) is 0 Å². The van der Waals surface area contributed by atoms with Crippen LogP contribution in [0.3, 0.4) is 0 Å². The monoisotopic (exact) mass is 413 g/mol. The standard InChI is InChI=1S/C18H16F5N5O/c1-16(2,18(21,22)23)29-15-11(19)6-9(8-24-15)12-4-5-13-25-26-14(28(13)27-12)10-7-17(10,3)20/h4-6,8,10H,7H2,1-3H3/t10-,17?/m1/s1. The van der Waals surface area contributed by atoms with Gasteiger partial charge in [-0.2, -0.15) is 22.8 Å². The molecule has 0 spiro atoms. The number of fused-ring (bicyclic) bond motifs is 1. The number of ether oxygens (including phenoxy) is 1. The predicted octanol–water partition coefficient (Wildman–Crippen LogP) is 4.26. The molecule has 4 rings (SSSR count). The Labute approximate surface area is 161 Å². The lowest BCUT2D eigenvalue weighted by Gasteiger charge is -2.28. The van der Waals surface area contributed by atoms with E-state index in [1.807, 2.05) is 0 Å². The van der Waals surface area contributed by atoms with Gasteiger partial charge in [-0.3, -0.25) is 0 Å². The molecule has 1 saturated carbocycles. The number of rotatable bonds is 4. The Kier molecular flexibility index (Phi) is 4.08. The molecule has 0 aromatic carbocycles. The maximum atomic E-state index is 14.4. The van der Waals surface area contributed by atoms with E-state index < -0.39 is 35.1 Å². The van der Waals surface area contributed by atoms with Crippen LogP contribution < -0.4 is 4.74 Å². The Hall–Kier alpha value is -2.85. The van der Waals surface area contributed by atoms with E-state index in [4.69, 9.17) is 4.74 Å². The van der Waals surface area contributed by atoms with Crippen molar-refractivity contribution in [2.45, 2.75) is 50.6 Å². The van der Waals surface area contributed by atoms with E-state index in [2.05, 4.69) is 20.3 Å². The Morgan fingerprint density at radius 2 is 1.90 bits per heavy atom. The lowest BCUT2D eigenvalue weighted by Crippen LogP contribution is -2.45. The number of aromatic nitrogens is 5. The molecule has 1 fully saturated rings. The summed E-state index contributed by atoms with van der Waals surface area (Å²) < 4.78 is 73.3. The van der Waals surface area contributed by atoms with E-state index in [0.29, 0.717) is 17.9 Å². The lowest BCUT2D eigenvalue weighted by molar-refractivity contribution is -0.235. The van der Waals surface area contributed by atoms with Crippen LogP contribution in [0.4, 0.5) is 22.0 Å². The Balaban J connectivity index is 1.66. The third-order valence-corrected chi connectivity index (χ3v) is 4.91. The number of nitrogens with zero attached hydrogens (tertiary/aromatic N) is 5. The van der Waals surface area contributed by atoms with Crippen molar-refractivity contribution in [1.82, 2.24) is 24.8 Å². The molecule has 3 aromatic heterocycles. The molecule has 1 aliphatic rings. The number of alkyl halides is 4. The van der Waals surface area contributed by atoms with E-state index in [0.717, 1.165) is 26.1 Å². The summed E-state index contributed by atoms with van der Waals surface area (Å²) in [5.41, 5.74) is -3.11. The van der Waals surface area contributed by atoms with Crippen LogP contribution in [0, 0.1) is 5.82 Å². The number of halogens is 5. The largest absolute Gasteiger partial charge is 0.460 e. The summed E-state index contributed by atoms with van der Waals surface area (Å²) in [7, 11) is 0. The quantitative estimate of drug-likeness (QED) is 0.598. The molecular weight excluding hydrogens is 397 g/mol. The van der Waals surface area contributed by atoms with E-state index in [1.165, 1.54) is 17.5 Å². The maximum Gasteiger partial charge on any atom is 0.427 e. The normalized spacial score (nSPS) is 22.1. The van der Waals surface area contributed by atoms with Gasteiger partial charge in [-0.15, -0.1) is 10.2 Å². The molecule has 0 N–H and O–H groups in total. The van der Waals surface area contributed by atoms with Gasteiger partial charge in [0.05, 0.1) is 11.6 Å². The van der Waals surface area contributed by atoms with Gasteiger partial charge in [0.15, 0.2) is 22.9 Å².